The molecule has 0 radical (unpaired) electrons. The number of likely N-dealkylation sites (tertiary alicyclic amines) is 1. The van der Waals surface area contributed by atoms with Gasteiger partial charge in [0.05, 0.1) is 11.8 Å². The van der Waals surface area contributed by atoms with Gasteiger partial charge in [0.1, 0.15) is 11.6 Å². The van der Waals surface area contributed by atoms with Crippen LogP contribution in [0.15, 0.2) is 36.5 Å². The van der Waals surface area contributed by atoms with Crippen molar-refractivity contribution in [2.45, 2.75) is 52.0 Å². The number of piperidine rings is 1. The summed E-state index contributed by atoms with van der Waals surface area (Å²) >= 11 is 0. The number of rotatable bonds is 4. The molecular formula is C25H30N6O. The zero-order valence-corrected chi connectivity index (χ0v) is 18.8. The molecular weight excluding hydrogens is 400 g/mol. The molecule has 32 heavy (non-hydrogen) atoms. The summed E-state index contributed by atoms with van der Waals surface area (Å²) in [5.41, 5.74) is 5.12. The van der Waals surface area contributed by atoms with Crippen molar-refractivity contribution < 1.29 is 4.79 Å². The molecule has 7 nitrogen and oxygen atoms in total. The third kappa shape index (κ3) is 3.99. The molecule has 1 N–H and O–H groups in total. The Kier molecular flexibility index (Phi) is 5.64. The molecule has 5 rings (SSSR count). The van der Waals surface area contributed by atoms with E-state index in [4.69, 9.17) is 9.97 Å². The fourth-order valence-corrected chi connectivity index (χ4v) is 4.96. The minimum atomic E-state index is 0.0429. The van der Waals surface area contributed by atoms with E-state index < -0.39 is 0 Å². The lowest BCUT2D eigenvalue weighted by Gasteiger charge is -2.34. The number of aromatic nitrogens is 4. The van der Waals surface area contributed by atoms with Crippen molar-refractivity contribution in [2.24, 2.45) is 0 Å². The SMILES string of the molecule is Cc1nc([C@@H]2CCCN(C(=O)c3cn[nH]c3C)C2)nc2c1CCCN2Cc1ccccc1. The van der Waals surface area contributed by atoms with Gasteiger partial charge in [0.25, 0.3) is 5.91 Å². The fraction of sp³-hybridized carbons (Fsp3) is 0.440. The number of amides is 1. The Morgan fingerprint density at radius 3 is 2.75 bits per heavy atom. The van der Waals surface area contributed by atoms with Crippen LogP contribution in [0.5, 0.6) is 0 Å². The highest BCUT2D eigenvalue weighted by molar-refractivity contribution is 5.95. The molecule has 2 aliphatic rings. The van der Waals surface area contributed by atoms with Crippen LogP contribution in [0.4, 0.5) is 5.82 Å². The average Bonchev–Trinajstić information content (AvgIpc) is 3.25. The summed E-state index contributed by atoms with van der Waals surface area (Å²) < 4.78 is 0. The number of hydrogen-bond acceptors (Lipinski definition) is 5. The Labute approximate surface area is 188 Å². The second-order valence-electron chi connectivity index (χ2n) is 8.98. The molecule has 0 aliphatic carbocycles. The van der Waals surface area contributed by atoms with E-state index in [1.807, 2.05) is 11.8 Å². The highest BCUT2D eigenvalue weighted by atomic mass is 16.2. The van der Waals surface area contributed by atoms with Gasteiger partial charge < -0.3 is 9.80 Å². The summed E-state index contributed by atoms with van der Waals surface area (Å²) in [7, 11) is 0. The maximum absolute atomic E-state index is 13.0. The van der Waals surface area contributed by atoms with Crippen LogP contribution >= 0.6 is 0 Å². The molecule has 3 aromatic rings. The first kappa shape index (κ1) is 20.7. The molecule has 1 aromatic carbocycles. The highest BCUT2D eigenvalue weighted by Crippen LogP contribution is 2.32. The summed E-state index contributed by atoms with van der Waals surface area (Å²) in [6.07, 6.45) is 5.74. The Morgan fingerprint density at radius 1 is 1.12 bits per heavy atom. The van der Waals surface area contributed by atoms with Gasteiger partial charge in [0.2, 0.25) is 0 Å². The minimum Gasteiger partial charge on any atom is -0.352 e. The van der Waals surface area contributed by atoms with Crippen LogP contribution in [0.2, 0.25) is 0 Å². The minimum absolute atomic E-state index is 0.0429. The van der Waals surface area contributed by atoms with Crippen LogP contribution < -0.4 is 4.90 Å². The zero-order chi connectivity index (χ0) is 22.1. The monoisotopic (exact) mass is 430 g/mol. The van der Waals surface area contributed by atoms with Crippen LogP contribution in [-0.2, 0) is 13.0 Å². The van der Waals surface area contributed by atoms with E-state index in [0.717, 1.165) is 68.3 Å². The van der Waals surface area contributed by atoms with E-state index in [9.17, 15) is 4.79 Å². The lowest BCUT2D eigenvalue weighted by atomic mass is 9.95. The van der Waals surface area contributed by atoms with E-state index in [2.05, 4.69) is 52.4 Å². The number of aromatic amines is 1. The number of nitrogens with one attached hydrogen (secondary N) is 1. The van der Waals surface area contributed by atoms with Crippen molar-refractivity contribution in [1.29, 1.82) is 0 Å². The molecule has 1 amide bonds. The highest BCUT2D eigenvalue weighted by Gasteiger charge is 2.30. The summed E-state index contributed by atoms with van der Waals surface area (Å²) in [6, 6.07) is 10.6. The second-order valence-corrected chi connectivity index (χ2v) is 8.98. The van der Waals surface area contributed by atoms with Crippen LogP contribution in [0.1, 0.15) is 63.9 Å². The van der Waals surface area contributed by atoms with Crippen LogP contribution in [0.3, 0.4) is 0 Å². The van der Waals surface area contributed by atoms with Gasteiger partial charge in [0, 0.05) is 49.0 Å². The smallest absolute Gasteiger partial charge is 0.257 e. The summed E-state index contributed by atoms with van der Waals surface area (Å²) in [5.74, 6) is 2.16. The van der Waals surface area contributed by atoms with Crippen LogP contribution in [-0.4, -0.2) is 50.6 Å². The maximum Gasteiger partial charge on any atom is 0.257 e. The van der Waals surface area contributed by atoms with Gasteiger partial charge in [-0.3, -0.25) is 9.89 Å². The molecule has 4 heterocycles. The summed E-state index contributed by atoms with van der Waals surface area (Å²) in [6.45, 7) is 7.28. The number of H-pyrrole nitrogens is 1. The number of aryl methyl sites for hydroxylation is 2. The Hall–Kier alpha value is -3.22. The molecule has 2 aromatic heterocycles. The third-order valence-corrected chi connectivity index (χ3v) is 6.71. The van der Waals surface area contributed by atoms with Gasteiger partial charge >= 0.3 is 0 Å². The van der Waals surface area contributed by atoms with Crippen molar-refractivity contribution in [1.82, 2.24) is 25.1 Å². The van der Waals surface area contributed by atoms with Crippen molar-refractivity contribution in [3.05, 3.63) is 70.4 Å². The van der Waals surface area contributed by atoms with Crippen molar-refractivity contribution in [3.8, 4) is 0 Å². The number of hydrogen-bond donors (Lipinski definition) is 1. The van der Waals surface area contributed by atoms with Crippen molar-refractivity contribution >= 4 is 11.7 Å². The summed E-state index contributed by atoms with van der Waals surface area (Å²) in [4.78, 5) is 27.4. The Morgan fingerprint density at radius 2 is 1.97 bits per heavy atom. The molecule has 0 spiro atoms. The van der Waals surface area contributed by atoms with E-state index in [0.29, 0.717) is 12.1 Å². The molecule has 2 aliphatic heterocycles. The van der Waals surface area contributed by atoms with E-state index in [1.54, 1.807) is 6.20 Å². The summed E-state index contributed by atoms with van der Waals surface area (Å²) in [5, 5.41) is 6.88. The van der Waals surface area contributed by atoms with Crippen LogP contribution in [0, 0.1) is 13.8 Å². The van der Waals surface area contributed by atoms with Gasteiger partial charge in [-0.1, -0.05) is 30.3 Å². The number of carbonyl (C=O) groups excluding carboxylic acids is 1. The quantitative estimate of drug-likeness (QED) is 0.681. The predicted molar refractivity (Wildman–Crippen MR) is 124 cm³/mol. The van der Waals surface area contributed by atoms with Crippen molar-refractivity contribution in [2.75, 3.05) is 24.5 Å². The Balaban J connectivity index is 1.40. The van der Waals surface area contributed by atoms with E-state index in [1.165, 1.54) is 11.1 Å². The maximum atomic E-state index is 13.0. The predicted octanol–water partition coefficient (Wildman–Crippen LogP) is 3.79. The normalized spacial score (nSPS) is 18.5. The van der Waals surface area contributed by atoms with Crippen LogP contribution in [0.25, 0.3) is 0 Å². The number of nitrogens with zero attached hydrogens (tertiary/aromatic N) is 5. The number of anilines is 1. The lowest BCUT2D eigenvalue weighted by Crippen LogP contribution is -2.40. The first-order chi connectivity index (χ1) is 15.6. The van der Waals surface area contributed by atoms with E-state index >= 15 is 0 Å². The first-order valence-electron chi connectivity index (χ1n) is 11.6. The molecule has 0 saturated carbocycles. The largest absolute Gasteiger partial charge is 0.352 e. The standard InChI is InChI=1S/C25H30N6O/c1-17-21-11-7-12-30(15-19-8-4-3-5-9-19)24(21)28-23(27-17)20-10-6-13-31(16-20)25(32)22-14-26-29-18(22)2/h3-5,8-9,14,20H,6-7,10-13,15-16H2,1-2H3,(H,26,29)/t20-/m1/s1. The van der Waals surface area contributed by atoms with Crippen molar-refractivity contribution in [3.63, 3.8) is 0 Å². The number of benzene rings is 1. The molecule has 7 heteroatoms. The molecule has 0 unspecified atom stereocenters. The second kappa shape index (κ2) is 8.73. The molecule has 166 valence electrons. The molecule has 1 saturated heterocycles. The number of carbonyl (C=O) groups is 1. The lowest BCUT2D eigenvalue weighted by molar-refractivity contribution is 0.0704. The third-order valence-electron chi connectivity index (χ3n) is 6.71. The number of fused-ring (bicyclic) bond motifs is 1. The zero-order valence-electron chi connectivity index (χ0n) is 18.8. The van der Waals surface area contributed by atoms with Gasteiger partial charge in [-0.2, -0.15) is 5.10 Å². The average molecular weight is 431 g/mol. The van der Waals surface area contributed by atoms with Gasteiger partial charge in [0.15, 0.2) is 0 Å². The topological polar surface area (TPSA) is 78.0 Å². The van der Waals surface area contributed by atoms with E-state index in [-0.39, 0.29) is 11.8 Å². The first-order valence-corrected chi connectivity index (χ1v) is 11.6. The van der Waals surface area contributed by atoms with Gasteiger partial charge in [-0.25, -0.2) is 9.97 Å². The fourth-order valence-electron chi connectivity index (χ4n) is 4.96. The molecule has 1 atom stereocenters. The Bertz CT molecular complexity index is 1110. The van der Waals surface area contributed by atoms with Gasteiger partial charge in [-0.05, 0) is 45.1 Å². The molecule has 1 fully saturated rings. The molecule has 0 bridgehead atoms. The van der Waals surface area contributed by atoms with Gasteiger partial charge in [-0.15, -0.1) is 0 Å².